The van der Waals surface area contributed by atoms with Gasteiger partial charge < -0.3 is 15.5 Å². The lowest BCUT2D eigenvalue weighted by Crippen LogP contribution is -2.61. The van der Waals surface area contributed by atoms with Gasteiger partial charge in [0.25, 0.3) is 5.91 Å². The summed E-state index contributed by atoms with van der Waals surface area (Å²) in [6, 6.07) is 1.65. The Hall–Kier alpha value is -1.91. The first-order valence-electron chi connectivity index (χ1n) is 7.84. The number of nitrogens with two attached hydrogens (primary N) is 1. The first kappa shape index (κ1) is 22.1. The molecule has 1 aromatic heterocycles. The molecule has 1 rings (SSSR count). The highest BCUT2D eigenvalue weighted by atomic mass is 32.2. The molecule has 0 spiro atoms. The van der Waals surface area contributed by atoms with Gasteiger partial charge >= 0.3 is 11.9 Å². The normalized spacial score (nSPS) is 13.0. The van der Waals surface area contributed by atoms with E-state index in [-0.39, 0.29) is 5.12 Å². The van der Waals surface area contributed by atoms with Crippen LogP contribution in [0.2, 0.25) is 0 Å². The lowest BCUT2D eigenvalue weighted by molar-refractivity contribution is -0.145. The largest absolute Gasteiger partial charge is 0.481 e. The van der Waals surface area contributed by atoms with Crippen molar-refractivity contribution < 1.29 is 29.4 Å². The third kappa shape index (κ3) is 6.77. The van der Waals surface area contributed by atoms with Gasteiger partial charge in [-0.25, -0.2) is 4.79 Å². The molecule has 26 heavy (non-hydrogen) atoms. The molecule has 1 aromatic rings. The van der Waals surface area contributed by atoms with Crippen molar-refractivity contribution in [2.75, 3.05) is 5.75 Å². The van der Waals surface area contributed by atoms with Gasteiger partial charge in [-0.1, -0.05) is 11.8 Å². The topological polar surface area (TPSA) is 147 Å². The van der Waals surface area contributed by atoms with Crippen LogP contribution in [0.3, 0.4) is 0 Å². The molecule has 0 aliphatic carbocycles. The Labute approximate surface area is 159 Å². The van der Waals surface area contributed by atoms with E-state index in [9.17, 15) is 24.3 Å². The SMILES string of the molecule is CC(=O)SCCCc1sc(C(=O)NC(N)(CCC(=O)O)C(=O)O)cc1C. The number of amides is 1. The predicted molar refractivity (Wildman–Crippen MR) is 99.4 cm³/mol. The summed E-state index contributed by atoms with van der Waals surface area (Å²) in [5.41, 5.74) is 4.43. The van der Waals surface area contributed by atoms with E-state index < -0.39 is 36.4 Å². The van der Waals surface area contributed by atoms with E-state index in [0.717, 1.165) is 16.9 Å². The van der Waals surface area contributed by atoms with Gasteiger partial charge in [0.15, 0.2) is 10.8 Å². The van der Waals surface area contributed by atoms with Gasteiger partial charge in [-0.3, -0.25) is 20.1 Å². The summed E-state index contributed by atoms with van der Waals surface area (Å²) in [5.74, 6) is -2.67. The summed E-state index contributed by atoms with van der Waals surface area (Å²) in [7, 11) is 0. The number of thiophene rings is 1. The minimum atomic E-state index is -2.15. The highest BCUT2D eigenvalue weighted by Crippen LogP contribution is 2.24. The van der Waals surface area contributed by atoms with Gasteiger partial charge in [-0.05, 0) is 31.4 Å². The van der Waals surface area contributed by atoms with Crippen molar-refractivity contribution in [3.05, 3.63) is 21.4 Å². The monoisotopic (exact) mass is 402 g/mol. The van der Waals surface area contributed by atoms with Crippen LogP contribution in [0.15, 0.2) is 6.07 Å². The first-order valence-corrected chi connectivity index (χ1v) is 9.64. The molecule has 0 saturated heterocycles. The number of carboxylic acid groups (broad SMARTS) is 2. The van der Waals surface area contributed by atoms with Crippen molar-refractivity contribution in [3.63, 3.8) is 0 Å². The molecule has 0 fully saturated rings. The molecule has 1 heterocycles. The second-order valence-corrected chi connectivity index (χ2v) is 8.19. The summed E-state index contributed by atoms with van der Waals surface area (Å²) in [5, 5.41) is 20.2. The molecule has 0 bridgehead atoms. The maximum atomic E-state index is 12.4. The molecule has 0 aliphatic rings. The van der Waals surface area contributed by atoms with E-state index in [1.54, 1.807) is 6.07 Å². The van der Waals surface area contributed by atoms with Crippen LogP contribution < -0.4 is 11.1 Å². The summed E-state index contributed by atoms with van der Waals surface area (Å²) in [6.45, 7) is 3.35. The Morgan fingerprint density at radius 3 is 2.50 bits per heavy atom. The second-order valence-electron chi connectivity index (χ2n) is 5.78. The number of aliphatic carboxylic acids is 2. The third-order valence-corrected chi connectivity index (χ3v) is 5.74. The lowest BCUT2D eigenvalue weighted by Gasteiger charge is -2.25. The zero-order valence-corrected chi connectivity index (χ0v) is 16.2. The van der Waals surface area contributed by atoms with Crippen LogP contribution in [-0.4, -0.2) is 44.6 Å². The van der Waals surface area contributed by atoms with E-state index in [1.165, 1.54) is 30.0 Å². The Morgan fingerprint density at radius 2 is 1.96 bits per heavy atom. The molecule has 1 atom stereocenters. The zero-order chi connectivity index (χ0) is 19.9. The van der Waals surface area contributed by atoms with Gasteiger partial charge in [0.2, 0.25) is 0 Å². The average Bonchev–Trinajstić information content (AvgIpc) is 2.90. The van der Waals surface area contributed by atoms with Crippen molar-refractivity contribution >= 4 is 46.1 Å². The fourth-order valence-electron chi connectivity index (χ4n) is 2.12. The van der Waals surface area contributed by atoms with Crippen LogP contribution in [0.25, 0.3) is 0 Å². The maximum absolute atomic E-state index is 12.4. The molecule has 1 amide bonds. The van der Waals surface area contributed by atoms with E-state index in [0.29, 0.717) is 17.1 Å². The van der Waals surface area contributed by atoms with Crippen LogP contribution in [-0.2, 0) is 20.8 Å². The van der Waals surface area contributed by atoms with Gasteiger partial charge in [0, 0.05) is 30.4 Å². The molecule has 144 valence electrons. The van der Waals surface area contributed by atoms with Gasteiger partial charge in [0.05, 0.1) is 4.88 Å². The van der Waals surface area contributed by atoms with E-state index in [2.05, 4.69) is 5.32 Å². The van der Waals surface area contributed by atoms with Crippen molar-refractivity contribution in [1.82, 2.24) is 5.32 Å². The van der Waals surface area contributed by atoms with E-state index >= 15 is 0 Å². The number of nitrogens with one attached hydrogen (secondary N) is 1. The maximum Gasteiger partial charge on any atom is 0.344 e. The van der Waals surface area contributed by atoms with Crippen LogP contribution in [0.4, 0.5) is 0 Å². The van der Waals surface area contributed by atoms with Crippen LogP contribution in [0.1, 0.15) is 46.3 Å². The third-order valence-electron chi connectivity index (χ3n) is 3.55. The Bertz CT molecular complexity index is 703. The van der Waals surface area contributed by atoms with Crippen molar-refractivity contribution in [3.8, 4) is 0 Å². The summed E-state index contributed by atoms with van der Waals surface area (Å²) >= 11 is 2.48. The molecule has 8 nitrogen and oxygen atoms in total. The molecule has 0 radical (unpaired) electrons. The predicted octanol–water partition coefficient (Wildman–Crippen LogP) is 1.60. The number of hydrogen-bond donors (Lipinski definition) is 4. The Balaban J connectivity index is 2.76. The minimum Gasteiger partial charge on any atom is -0.481 e. The van der Waals surface area contributed by atoms with Crippen molar-refractivity contribution in [1.29, 1.82) is 0 Å². The zero-order valence-electron chi connectivity index (χ0n) is 14.5. The lowest BCUT2D eigenvalue weighted by atomic mass is 10.0. The number of carbonyl (C=O) groups excluding carboxylic acids is 2. The number of carboxylic acids is 2. The number of hydrogen-bond acceptors (Lipinski definition) is 7. The fraction of sp³-hybridized carbons (Fsp3) is 0.500. The molecule has 0 aliphatic heterocycles. The van der Waals surface area contributed by atoms with Gasteiger partial charge in [-0.2, -0.15) is 0 Å². The Morgan fingerprint density at radius 1 is 1.31 bits per heavy atom. The number of carbonyl (C=O) groups is 4. The van der Waals surface area contributed by atoms with Crippen molar-refractivity contribution in [2.24, 2.45) is 5.73 Å². The van der Waals surface area contributed by atoms with Crippen LogP contribution >= 0.6 is 23.1 Å². The smallest absolute Gasteiger partial charge is 0.344 e. The molecule has 0 saturated carbocycles. The van der Waals surface area contributed by atoms with E-state index in [1.807, 2.05) is 6.92 Å². The number of thioether (sulfide) groups is 1. The number of rotatable bonds is 10. The van der Waals surface area contributed by atoms with Crippen LogP contribution in [0.5, 0.6) is 0 Å². The molecule has 0 aromatic carbocycles. The molecular formula is C16H22N2O6S2. The summed E-state index contributed by atoms with van der Waals surface area (Å²) in [4.78, 5) is 46.6. The van der Waals surface area contributed by atoms with Crippen molar-refractivity contribution in [2.45, 2.75) is 45.2 Å². The summed E-state index contributed by atoms with van der Waals surface area (Å²) in [6.07, 6.45) is 0.575. The average molecular weight is 402 g/mol. The fourth-order valence-corrected chi connectivity index (χ4v) is 3.81. The number of aryl methyl sites for hydroxylation is 2. The summed E-state index contributed by atoms with van der Waals surface area (Å²) < 4.78 is 0. The molecule has 10 heteroatoms. The second kappa shape index (κ2) is 9.70. The van der Waals surface area contributed by atoms with E-state index in [4.69, 9.17) is 10.8 Å². The van der Waals surface area contributed by atoms with Crippen LogP contribution in [0, 0.1) is 6.92 Å². The highest BCUT2D eigenvalue weighted by Gasteiger charge is 2.36. The molecule has 5 N–H and O–H groups in total. The first-order chi connectivity index (χ1) is 12.0. The minimum absolute atomic E-state index is 0.0577. The quantitative estimate of drug-likeness (QED) is 0.341. The standard InChI is InChI=1S/C16H22N2O6S2/c1-9-8-12(26-11(9)4-3-7-25-10(2)19)14(22)18-16(17,15(23)24)6-5-13(20)21/h8H,3-7,17H2,1-2H3,(H,18,22)(H,20,21)(H,23,24). The molecular weight excluding hydrogens is 380 g/mol. The molecule has 1 unspecified atom stereocenters. The van der Waals surface area contributed by atoms with Gasteiger partial charge in [-0.15, -0.1) is 11.3 Å². The highest BCUT2D eigenvalue weighted by molar-refractivity contribution is 8.13. The Kier molecular flexibility index (Phi) is 8.25. The van der Waals surface area contributed by atoms with Gasteiger partial charge in [0.1, 0.15) is 0 Å².